The molecule has 1 aromatic carbocycles. The van der Waals surface area contributed by atoms with E-state index in [9.17, 15) is 0 Å². The summed E-state index contributed by atoms with van der Waals surface area (Å²) in [7, 11) is 0. The average Bonchev–Trinajstić information content (AvgIpc) is 2.31. The van der Waals surface area contributed by atoms with E-state index in [4.69, 9.17) is 9.47 Å². The monoisotopic (exact) mass is 220 g/mol. The summed E-state index contributed by atoms with van der Waals surface area (Å²) in [6.45, 7) is 6.00. The van der Waals surface area contributed by atoms with Crippen molar-refractivity contribution in [1.29, 1.82) is 0 Å². The fourth-order valence-corrected chi connectivity index (χ4v) is 2.05. The van der Waals surface area contributed by atoms with E-state index in [1.54, 1.807) is 0 Å². The molecule has 0 aliphatic carbocycles. The first-order valence-electron chi connectivity index (χ1n) is 6.10. The molecule has 0 amide bonds. The third-order valence-corrected chi connectivity index (χ3v) is 2.95. The lowest BCUT2D eigenvalue weighted by molar-refractivity contribution is 0.00695. The lowest BCUT2D eigenvalue weighted by Gasteiger charge is -2.25. The Morgan fingerprint density at radius 3 is 2.81 bits per heavy atom. The minimum atomic E-state index is 0.230. The van der Waals surface area contributed by atoms with Crippen molar-refractivity contribution in [2.24, 2.45) is 0 Å². The van der Waals surface area contributed by atoms with E-state index in [1.807, 2.05) is 6.07 Å². The van der Waals surface area contributed by atoms with Crippen LogP contribution in [-0.2, 0) is 4.74 Å². The number of benzene rings is 1. The molecule has 1 aromatic rings. The molecule has 1 fully saturated rings. The van der Waals surface area contributed by atoms with Gasteiger partial charge in [0.1, 0.15) is 11.9 Å². The molecule has 1 unspecified atom stereocenters. The predicted molar refractivity (Wildman–Crippen MR) is 65.0 cm³/mol. The molecular weight excluding hydrogens is 200 g/mol. The van der Waals surface area contributed by atoms with Crippen LogP contribution >= 0.6 is 0 Å². The van der Waals surface area contributed by atoms with Crippen LogP contribution < -0.4 is 4.74 Å². The van der Waals surface area contributed by atoms with E-state index in [0.29, 0.717) is 5.92 Å². The Morgan fingerprint density at radius 2 is 2.12 bits per heavy atom. The highest BCUT2D eigenvalue weighted by Crippen LogP contribution is 2.27. The predicted octanol–water partition coefficient (Wildman–Crippen LogP) is 3.37. The molecule has 1 aliphatic rings. The molecule has 1 heterocycles. The molecule has 0 spiro atoms. The van der Waals surface area contributed by atoms with Gasteiger partial charge in [-0.2, -0.15) is 0 Å². The SMILES string of the molecule is CC(C)c1ccccc1OC1CCCOC1. The molecule has 1 saturated heterocycles. The van der Waals surface area contributed by atoms with Gasteiger partial charge in [-0.05, 0) is 30.4 Å². The van der Waals surface area contributed by atoms with Crippen LogP contribution in [0.15, 0.2) is 24.3 Å². The van der Waals surface area contributed by atoms with E-state index in [1.165, 1.54) is 5.56 Å². The van der Waals surface area contributed by atoms with Gasteiger partial charge in [0.25, 0.3) is 0 Å². The first-order chi connectivity index (χ1) is 7.77. The molecule has 0 saturated carbocycles. The average molecular weight is 220 g/mol. The summed E-state index contributed by atoms with van der Waals surface area (Å²) < 4.78 is 11.5. The Kier molecular flexibility index (Phi) is 3.83. The summed E-state index contributed by atoms with van der Waals surface area (Å²) in [5.74, 6) is 1.52. The summed E-state index contributed by atoms with van der Waals surface area (Å²) in [6, 6.07) is 8.30. The van der Waals surface area contributed by atoms with Crippen LogP contribution in [0.4, 0.5) is 0 Å². The zero-order valence-corrected chi connectivity index (χ0v) is 10.1. The maximum absolute atomic E-state index is 6.02. The molecule has 0 bridgehead atoms. The minimum Gasteiger partial charge on any atom is -0.488 e. The van der Waals surface area contributed by atoms with Crippen LogP contribution in [0.1, 0.15) is 38.2 Å². The molecular formula is C14H20O2. The Balaban J connectivity index is 2.07. The first kappa shape index (κ1) is 11.5. The van der Waals surface area contributed by atoms with Gasteiger partial charge in [-0.3, -0.25) is 0 Å². The summed E-state index contributed by atoms with van der Waals surface area (Å²) in [6.07, 6.45) is 2.44. The topological polar surface area (TPSA) is 18.5 Å². The van der Waals surface area contributed by atoms with Gasteiger partial charge in [0.15, 0.2) is 0 Å². The maximum atomic E-state index is 6.02. The number of hydrogen-bond donors (Lipinski definition) is 0. The van der Waals surface area contributed by atoms with Gasteiger partial charge < -0.3 is 9.47 Å². The van der Waals surface area contributed by atoms with Gasteiger partial charge in [-0.25, -0.2) is 0 Å². The van der Waals surface area contributed by atoms with Crippen molar-refractivity contribution in [2.45, 2.75) is 38.7 Å². The van der Waals surface area contributed by atoms with Crippen LogP contribution in [0.5, 0.6) is 5.75 Å². The Bertz CT molecular complexity index is 327. The van der Waals surface area contributed by atoms with Crippen LogP contribution in [0.25, 0.3) is 0 Å². The highest BCUT2D eigenvalue weighted by Gasteiger charge is 2.17. The van der Waals surface area contributed by atoms with E-state index >= 15 is 0 Å². The fraction of sp³-hybridized carbons (Fsp3) is 0.571. The number of ether oxygens (including phenoxy) is 2. The van der Waals surface area contributed by atoms with E-state index < -0.39 is 0 Å². The number of para-hydroxylation sites is 1. The van der Waals surface area contributed by atoms with Crippen molar-refractivity contribution < 1.29 is 9.47 Å². The molecule has 2 rings (SSSR count). The highest BCUT2D eigenvalue weighted by molar-refractivity contribution is 5.35. The van der Waals surface area contributed by atoms with Gasteiger partial charge in [-0.15, -0.1) is 0 Å². The zero-order valence-electron chi connectivity index (χ0n) is 10.1. The lowest BCUT2D eigenvalue weighted by Crippen LogP contribution is -2.28. The molecule has 1 aliphatic heterocycles. The fourth-order valence-electron chi connectivity index (χ4n) is 2.05. The standard InChI is InChI=1S/C14H20O2/c1-11(2)13-7-3-4-8-14(13)16-12-6-5-9-15-10-12/h3-4,7-8,11-12H,5-6,9-10H2,1-2H3. The largest absolute Gasteiger partial charge is 0.488 e. The Morgan fingerprint density at radius 1 is 1.31 bits per heavy atom. The van der Waals surface area contributed by atoms with Crippen molar-refractivity contribution in [3.63, 3.8) is 0 Å². The van der Waals surface area contributed by atoms with Crippen LogP contribution in [0, 0.1) is 0 Å². The summed E-state index contributed by atoms with van der Waals surface area (Å²) in [5.41, 5.74) is 1.29. The van der Waals surface area contributed by atoms with Crippen molar-refractivity contribution in [3.8, 4) is 5.75 Å². The molecule has 0 radical (unpaired) electrons. The second kappa shape index (κ2) is 5.35. The number of hydrogen-bond acceptors (Lipinski definition) is 2. The summed E-state index contributed by atoms with van der Waals surface area (Å²) in [4.78, 5) is 0. The lowest BCUT2D eigenvalue weighted by atomic mass is 10.0. The van der Waals surface area contributed by atoms with Gasteiger partial charge in [-0.1, -0.05) is 32.0 Å². The Hall–Kier alpha value is -1.02. The highest BCUT2D eigenvalue weighted by atomic mass is 16.5. The van der Waals surface area contributed by atoms with Crippen LogP contribution in [-0.4, -0.2) is 19.3 Å². The normalized spacial score (nSPS) is 21.1. The molecule has 1 atom stereocenters. The maximum Gasteiger partial charge on any atom is 0.123 e. The van der Waals surface area contributed by atoms with Crippen molar-refractivity contribution in [1.82, 2.24) is 0 Å². The molecule has 2 nitrogen and oxygen atoms in total. The third kappa shape index (κ3) is 2.76. The van der Waals surface area contributed by atoms with Crippen molar-refractivity contribution in [3.05, 3.63) is 29.8 Å². The van der Waals surface area contributed by atoms with E-state index in [-0.39, 0.29) is 6.10 Å². The second-order valence-corrected chi connectivity index (χ2v) is 4.65. The molecule has 88 valence electrons. The van der Waals surface area contributed by atoms with Crippen LogP contribution in [0.2, 0.25) is 0 Å². The summed E-state index contributed by atoms with van der Waals surface area (Å²) in [5, 5.41) is 0. The van der Waals surface area contributed by atoms with E-state index in [2.05, 4.69) is 32.0 Å². The molecule has 2 heteroatoms. The third-order valence-electron chi connectivity index (χ3n) is 2.95. The number of rotatable bonds is 3. The summed E-state index contributed by atoms with van der Waals surface area (Å²) >= 11 is 0. The first-order valence-corrected chi connectivity index (χ1v) is 6.10. The van der Waals surface area contributed by atoms with Crippen molar-refractivity contribution >= 4 is 0 Å². The van der Waals surface area contributed by atoms with Gasteiger partial charge in [0.05, 0.1) is 6.61 Å². The second-order valence-electron chi connectivity index (χ2n) is 4.65. The van der Waals surface area contributed by atoms with Crippen molar-refractivity contribution in [2.75, 3.05) is 13.2 Å². The molecule has 16 heavy (non-hydrogen) atoms. The van der Waals surface area contributed by atoms with Crippen LogP contribution in [0.3, 0.4) is 0 Å². The Labute approximate surface area is 97.6 Å². The van der Waals surface area contributed by atoms with Gasteiger partial charge in [0.2, 0.25) is 0 Å². The zero-order chi connectivity index (χ0) is 11.4. The quantitative estimate of drug-likeness (QED) is 0.777. The van der Waals surface area contributed by atoms with Gasteiger partial charge >= 0.3 is 0 Å². The molecule has 0 N–H and O–H groups in total. The van der Waals surface area contributed by atoms with E-state index in [0.717, 1.165) is 31.8 Å². The minimum absolute atomic E-state index is 0.230. The van der Waals surface area contributed by atoms with Gasteiger partial charge in [0, 0.05) is 6.61 Å². The smallest absolute Gasteiger partial charge is 0.123 e. The molecule has 0 aromatic heterocycles.